The Morgan fingerprint density at radius 1 is 1.14 bits per heavy atom. The van der Waals surface area contributed by atoms with Crippen molar-refractivity contribution < 1.29 is 23.8 Å². The van der Waals surface area contributed by atoms with Gasteiger partial charge in [0.15, 0.2) is 11.5 Å². The van der Waals surface area contributed by atoms with Crippen LogP contribution >= 0.6 is 11.6 Å². The normalized spacial score (nSPS) is 11.7. The van der Waals surface area contributed by atoms with Gasteiger partial charge in [-0.2, -0.15) is 0 Å². The van der Waals surface area contributed by atoms with Gasteiger partial charge in [0.05, 0.1) is 33.3 Å². The highest BCUT2D eigenvalue weighted by molar-refractivity contribution is 6.31. The summed E-state index contributed by atoms with van der Waals surface area (Å²) in [5, 5.41) is 3.26. The number of hydrogen-bond donors (Lipinski definition) is 1. The van der Waals surface area contributed by atoms with Crippen molar-refractivity contribution in [3.05, 3.63) is 64.7 Å². The summed E-state index contributed by atoms with van der Waals surface area (Å²) in [4.78, 5) is 24.2. The predicted octanol–water partition coefficient (Wildman–Crippen LogP) is 4.18. The smallest absolute Gasteiger partial charge is 0.307 e. The van der Waals surface area contributed by atoms with E-state index in [0.29, 0.717) is 28.7 Å². The molecular weight excluding hydrogens is 394 g/mol. The van der Waals surface area contributed by atoms with E-state index in [4.69, 9.17) is 25.8 Å². The molecule has 0 fully saturated rings. The molecule has 0 saturated carbocycles. The summed E-state index contributed by atoms with van der Waals surface area (Å²) < 4.78 is 15.5. The van der Waals surface area contributed by atoms with Crippen LogP contribution in [0.25, 0.3) is 6.08 Å². The average Bonchev–Trinajstić information content (AvgIpc) is 2.73. The lowest BCUT2D eigenvalue weighted by Gasteiger charge is -2.18. The van der Waals surface area contributed by atoms with Crippen LogP contribution in [0.3, 0.4) is 0 Å². The minimum absolute atomic E-state index is 0.0311. The van der Waals surface area contributed by atoms with Gasteiger partial charge in [-0.15, -0.1) is 0 Å². The van der Waals surface area contributed by atoms with Crippen molar-refractivity contribution in [3.8, 4) is 11.5 Å². The molecular formula is C22H24ClNO5. The molecule has 0 saturated heterocycles. The van der Waals surface area contributed by atoms with Crippen LogP contribution in [0, 0.1) is 0 Å². The lowest BCUT2D eigenvalue weighted by atomic mass is 10.0. The van der Waals surface area contributed by atoms with E-state index < -0.39 is 12.0 Å². The third kappa shape index (κ3) is 6.54. The molecule has 2 rings (SSSR count). The van der Waals surface area contributed by atoms with Gasteiger partial charge in [-0.25, -0.2) is 0 Å². The molecule has 1 unspecified atom stereocenters. The monoisotopic (exact) mass is 417 g/mol. The Morgan fingerprint density at radius 3 is 2.55 bits per heavy atom. The Hall–Kier alpha value is -2.99. The lowest BCUT2D eigenvalue weighted by molar-refractivity contribution is -0.141. The first-order valence-electron chi connectivity index (χ1n) is 9.09. The minimum atomic E-state index is -0.608. The molecule has 1 amide bonds. The molecule has 29 heavy (non-hydrogen) atoms. The first-order valence-corrected chi connectivity index (χ1v) is 9.47. The number of carbonyl (C=O) groups excluding carboxylic acids is 2. The van der Waals surface area contributed by atoms with Crippen LogP contribution < -0.4 is 14.8 Å². The maximum atomic E-state index is 12.5. The predicted molar refractivity (Wildman–Crippen MR) is 112 cm³/mol. The summed E-state index contributed by atoms with van der Waals surface area (Å²) in [6, 6.07) is 11.8. The molecule has 6 nitrogen and oxygen atoms in total. The van der Waals surface area contributed by atoms with Crippen molar-refractivity contribution in [2.45, 2.75) is 19.4 Å². The van der Waals surface area contributed by atoms with Crippen molar-refractivity contribution >= 4 is 29.6 Å². The molecule has 0 radical (unpaired) electrons. The van der Waals surface area contributed by atoms with Gasteiger partial charge in [0.1, 0.15) is 0 Å². The third-order valence-corrected chi connectivity index (χ3v) is 4.45. The van der Waals surface area contributed by atoms with Gasteiger partial charge >= 0.3 is 5.97 Å². The van der Waals surface area contributed by atoms with Crippen molar-refractivity contribution in [3.63, 3.8) is 0 Å². The molecule has 2 aromatic rings. The fourth-order valence-electron chi connectivity index (χ4n) is 2.70. The molecule has 154 valence electrons. The van der Waals surface area contributed by atoms with Crippen LogP contribution in [-0.4, -0.2) is 32.7 Å². The number of hydrogen-bond acceptors (Lipinski definition) is 5. The maximum absolute atomic E-state index is 12.5. The fourth-order valence-corrected chi connectivity index (χ4v) is 2.97. The maximum Gasteiger partial charge on any atom is 0.307 e. The summed E-state index contributed by atoms with van der Waals surface area (Å²) in [5.74, 6) is 0.393. The van der Waals surface area contributed by atoms with Gasteiger partial charge in [0.2, 0.25) is 5.91 Å². The summed E-state index contributed by atoms with van der Waals surface area (Å²) >= 11 is 6.23. The van der Waals surface area contributed by atoms with Gasteiger partial charge in [-0.1, -0.05) is 35.9 Å². The highest BCUT2D eigenvalue weighted by Gasteiger charge is 2.20. The number of ether oxygens (including phenoxy) is 3. The van der Waals surface area contributed by atoms with Crippen molar-refractivity contribution in [2.75, 3.05) is 20.8 Å². The molecule has 0 aliphatic heterocycles. The standard InChI is InChI=1S/C22H24ClNO5/c1-4-29-19-11-9-15(13-20(19)27-2)10-12-21(25)24-18(14-22(26)28-3)16-7-5-6-8-17(16)23/h5-13,18H,4,14H2,1-3H3,(H,24,25)/b12-10+. The van der Waals surface area contributed by atoms with Gasteiger partial charge in [-0.3, -0.25) is 9.59 Å². The number of nitrogens with one attached hydrogen (secondary N) is 1. The molecule has 2 aromatic carbocycles. The Bertz CT molecular complexity index is 881. The fraction of sp³-hybridized carbons (Fsp3) is 0.273. The molecule has 0 spiro atoms. The van der Waals surface area contributed by atoms with Crippen LogP contribution in [0.5, 0.6) is 11.5 Å². The number of amides is 1. The van der Waals surface area contributed by atoms with E-state index in [1.54, 1.807) is 49.6 Å². The first-order chi connectivity index (χ1) is 14.0. The van der Waals surface area contributed by atoms with Gasteiger partial charge in [0.25, 0.3) is 0 Å². The van der Waals surface area contributed by atoms with E-state index in [9.17, 15) is 9.59 Å². The summed E-state index contributed by atoms with van der Waals surface area (Å²) in [6.45, 7) is 2.42. The molecule has 7 heteroatoms. The molecule has 1 N–H and O–H groups in total. The largest absolute Gasteiger partial charge is 0.493 e. The molecule has 0 aromatic heterocycles. The Labute approximate surface area is 175 Å². The summed E-state index contributed by atoms with van der Waals surface area (Å²) in [6.07, 6.45) is 3.00. The summed E-state index contributed by atoms with van der Waals surface area (Å²) in [5.41, 5.74) is 1.41. The summed E-state index contributed by atoms with van der Waals surface area (Å²) in [7, 11) is 2.85. The number of benzene rings is 2. The number of halogens is 1. The Morgan fingerprint density at radius 2 is 1.90 bits per heavy atom. The van der Waals surface area contributed by atoms with Crippen molar-refractivity contribution in [1.82, 2.24) is 5.32 Å². The highest BCUT2D eigenvalue weighted by Crippen LogP contribution is 2.29. The zero-order valence-corrected chi connectivity index (χ0v) is 17.4. The van der Waals surface area contributed by atoms with Crippen LogP contribution in [-0.2, 0) is 14.3 Å². The van der Waals surface area contributed by atoms with E-state index in [-0.39, 0.29) is 12.3 Å². The second-order valence-corrected chi connectivity index (χ2v) is 6.45. The van der Waals surface area contributed by atoms with E-state index in [1.165, 1.54) is 13.2 Å². The number of carbonyl (C=O) groups is 2. The van der Waals surface area contributed by atoms with Crippen molar-refractivity contribution in [1.29, 1.82) is 0 Å². The Kier molecular flexibility index (Phi) is 8.55. The molecule has 0 bridgehead atoms. The van der Waals surface area contributed by atoms with Gasteiger partial charge in [-0.05, 0) is 42.3 Å². The van der Waals surface area contributed by atoms with E-state index in [2.05, 4.69) is 5.32 Å². The van der Waals surface area contributed by atoms with Crippen LogP contribution in [0.1, 0.15) is 30.5 Å². The quantitative estimate of drug-likeness (QED) is 0.489. The number of esters is 1. The topological polar surface area (TPSA) is 73.9 Å². The third-order valence-electron chi connectivity index (χ3n) is 4.11. The van der Waals surface area contributed by atoms with Crippen LogP contribution in [0.15, 0.2) is 48.5 Å². The molecule has 0 aliphatic rings. The highest BCUT2D eigenvalue weighted by atomic mass is 35.5. The van der Waals surface area contributed by atoms with Crippen LogP contribution in [0.4, 0.5) is 0 Å². The first kappa shape index (κ1) is 22.3. The zero-order chi connectivity index (χ0) is 21.2. The molecule has 0 heterocycles. The second kappa shape index (κ2) is 11.1. The molecule has 0 aliphatic carbocycles. The van der Waals surface area contributed by atoms with E-state index in [1.807, 2.05) is 13.0 Å². The van der Waals surface area contributed by atoms with E-state index >= 15 is 0 Å². The second-order valence-electron chi connectivity index (χ2n) is 6.04. The van der Waals surface area contributed by atoms with Crippen LogP contribution in [0.2, 0.25) is 5.02 Å². The Balaban J connectivity index is 2.15. The SMILES string of the molecule is CCOc1ccc(/C=C/C(=O)NC(CC(=O)OC)c2ccccc2Cl)cc1OC. The van der Waals surface area contributed by atoms with Crippen molar-refractivity contribution in [2.24, 2.45) is 0 Å². The zero-order valence-electron chi connectivity index (χ0n) is 16.6. The van der Waals surface area contributed by atoms with Gasteiger partial charge < -0.3 is 19.5 Å². The number of methoxy groups -OCH3 is 2. The minimum Gasteiger partial charge on any atom is -0.493 e. The number of rotatable bonds is 9. The average molecular weight is 418 g/mol. The molecule has 1 atom stereocenters. The lowest BCUT2D eigenvalue weighted by Crippen LogP contribution is -2.29. The van der Waals surface area contributed by atoms with E-state index in [0.717, 1.165) is 5.56 Å². The van der Waals surface area contributed by atoms with Gasteiger partial charge in [0, 0.05) is 11.1 Å².